The van der Waals surface area contributed by atoms with Crippen LogP contribution >= 0.6 is 0 Å². The first-order chi connectivity index (χ1) is 9.79. The molecule has 0 aliphatic heterocycles. The zero-order valence-corrected chi connectivity index (χ0v) is 15.1. The van der Waals surface area contributed by atoms with Crippen LogP contribution in [0.3, 0.4) is 0 Å². The minimum atomic E-state index is -0.664. The second-order valence-corrected chi connectivity index (χ2v) is 5.56. The van der Waals surface area contributed by atoms with Crippen LogP contribution in [0.1, 0.15) is 69.8 Å². The standard InChI is InChI=1S/C18H28O2.K.H2Se.H/c19-18(20)16-12-7-5-3-1-2-4-6-9-13-17-14-10-8-11-15-17;;;/h8,10-11,14-15H,1-7,9,12-13,16H2,(H,19,20);;1H2;. The Hall–Kier alpha value is 0.846. The third-order valence-corrected chi connectivity index (χ3v) is 3.70. The van der Waals surface area contributed by atoms with E-state index in [2.05, 4.69) is 30.3 Å². The van der Waals surface area contributed by atoms with Crippen LogP contribution in [0.2, 0.25) is 0 Å². The Morgan fingerprint density at radius 2 is 1.23 bits per heavy atom. The van der Waals surface area contributed by atoms with Crippen molar-refractivity contribution in [1.29, 1.82) is 0 Å². The van der Waals surface area contributed by atoms with Crippen LogP contribution in [-0.2, 0) is 11.2 Å². The fourth-order valence-corrected chi connectivity index (χ4v) is 2.49. The number of hydrogen-bond acceptors (Lipinski definition) is 1. The van der Waals surface area contributed by atoms with Crippen molar-refractivity contribution in [1.82, 2.24) is 0 Å². The van der Waals surface area contributed by atoms with Gasteiger partial charge in [-0.25, -0.2) is 0 Å². The topological polar surface area (TPSA) is 37.3 Å². The van der Waals surface area contributed by atoms with E-state index in [1.165, 1.54) is 56.9 Å². The molecule has 0 radical (unpaired) electrons. The molecule has 122 valence electrons. The summed E-state index contributed by atoms with van der Waals surface area (Å²) in [5.41, 5.74) is 1.45. The van der Waals surface area contributed by atoms with E-state index in [-0.39, 0.29) is 68.5 Å². The summed E-state index contributed by atoms with van der Waals surface area (Å²) in [4.78, 5) is 10.3. The second-order valence-electron chi connectivity index (χ2n) is 5.56. The molecule has 1 aromatic carbocycles. The molecule has 1 rings (SSSR count). The van der Waals surface area contributed by atoms with Gasteiger partial charge in [0.25, 0.3) is 0 Å². The number of aliphatic carboxylic acids is 1. The normalized spacial score (nSPS) is 9.64. The van der Waals surface area contributed by atoms with Crippen molar-refractivity contribution in [3.63, 3.8) is 0 Å². The van der Waals surface area contributed by atoms with Crippen molar-refractivity contribution in [2.45, 2.75) is 70.6 Å². The van der Waals surface area contributed by atoms with Crippen LogP contribution in [-0.4, -0.2) is 79.5 Å². The Labute approximate surface area is 188 Å². The molecule has 4 heteroatoms. The van der Waals surface area contributed by atoms with Gasteiger partial charge in [-0.3, -0.25) is 4.79 Å². The van der Waals surface area contributed by atoms with Crippen LogP contribution in [0.4, 0.5) is 0 Å². The maximum absolute atomic E-state index is 10.3. The van der Waals surface area contributed by atoms with E-state index >= 15 is 0 Å². The molecule has 0 spiro atoms. The van der Waals surface area contributed by atoms with E-state index in [1.54, 1.807) is 0 Å². The van der Waals surface area contributed by atoms with Crippen molar-refractivity contribution < 1.29 is 9.90 Å². The van der Waals surface area contributed by atoms with Crippen LogP contribution < -0.4 is 0 Å². The van der Waals surface area contributed by atoms with Gasteiger partial charge in [-0.15, -0.1) is 0 Å². The molecule has 1 aromatic rings. The average molecular weight is 398 g/mol. The number of rotatable bonds is 12. The van der Waals surface area contributed by atoms with Crippen LogP contribution in [0.5, 0.6) is 0 Å². The van der Waals surface area contributed by atoms with Gasteiger partial charge in [0.1, 0.15) is 0 Å². The summed E-state index contributed by atoms with van der Waals surface area (Å²) in [7, 11) is 0. The number of hydrogen-bond donors (Lipinski definition) is 1. The molecule has 0 saturated heterocycles. The Bertz CT molecular complexity index is 357. The van der Waals surface area contributed by atoms with Gasteiger partial charge in [-0.2, -0.15) is 0 Å². The van der Waals surface area contributed by atoms with Crippen LogP contribution in [0, 0.1) is 0 Å². The van der Waals surface area contributed by atoms with E-state index in [0.717, 1.165) is 12.8 Å². The predicted octanol–water partition coefficient (Wildman–Crippen LogP) is 3.65. The molecular formula is C18H31KO2Se. The SMILES string of the molecule is O=C(O)CCCCCCCCCCCc1ccccc1.[KH].[SeH2]. The number of benzene rings is 1. The molecule has 0 saturated carbocycles. The van der Waals surface area contributed by atoms with Gasteiger partial charge in [0.2, 0.25) is 0 Å². The molecule has 0 aliphatic rings. The Morgan fingerprint density at radius 1 is 0.773 bits per heavy atom. The maximum atomic E-state index is 10.3. The number of carbonyl (C=O) groups is 1. The van der Waals surface area contributed by atoms with E-state index in [1.807, 2.05) is 0 Å². The van der Waals surface area contributed by atoms with E-state index in [0.29, 0.717) is 6.42 Å². The number of carboxylic acids is 1. The fraction of sp³-hybridized carbons (Fsp3) is 0.611. The summed E-state index contributed by atoms with van der Waals surface area (Å²) in [6.07, 6.45) is 12.5. The zero-order chi connectivity index (χ0) is 14.5. The number of aryl methyl sites for hydroxylation is 1. The molecule has 0 amide bonds. The third kappa shape index (κ3) is 15.7. The minimum absolute atomic E-state index is 0. The van der Waals surface area contributed by atoms with Gasteiger partial charge >= 0.3 is 74.4 Å². The zero-order valence-electron chi connectivity index (χ0n) is 13.0. The summed E-state index contributed by atoms with van der Waals surface area (Å²) in [5.74, 6) is -0.664. The molecule has 2 nitrogen and oxygen atoms in total. The summed E-state index contributed by atoms with van der Waals surface area (Å²) >= 11 is 0. The molecule has 0 unspecified atom stereocenters. The number of unbranched alkanes of at least 4 members (excludes halogenated alkanes) is 8. The molecular weight excluding hydrogens is 366 g/mol. The van der Waals surface area contributed by atoms with E-state index < -0.39 is 5.97 Å². The second kappa shape index (κ2) is 18.2. The summed E-state index contributed by atoms with van der Waals surface area (Å²) in [5, 5.41) is 8.52. The van der Waals surface area contributed by atoms with Crippen molar-refractivity contribution in [2.75, 3.05) is 0 Å². The summed E-state index contributed by atoms with van der Waals surface area (Å²) in [6.45, 7) is 0. The third-order valence-electron chi connectivity index (χ3n) is 3.70. The van der Waals surface area contributed by atoms with Gasteiger partial charge < -0.3 is 5.11 Å². The molecule has 0 aromatic heterocycles. The van der Waals surface area contributed by atoms with Crippen molar-refractivity contribution in [3.8, 4) is 0 Å². The fourth-order valence-electron chi connectivity index (χ4n) is 2.49. The van der Waals surface area contributed by atoms with Crippen LogP contribution in [0.15, 0.2) is 30.3 Å². The number of carboxylic acid groups (broad SMARTS) is 1. The first-order valence-corrected chi connectivity index (χ1v) is 8.05. The van der Waals surface area contributed by atoms with Gasteiger partial charge in [0.15, 0.2) is 0 Å². The first-order valence-electron chi connectivity index (χ1n) is 8.05. The summed E-state index contributed by atoms with van der Waals surface area (Å²) < 4.78 is 0. The molecule has 0 bridgehead atoms. The Balaban J connectivity index is 0. The molecule has 1 N–H and O–H groups in total. The van der Waals surface area contributed by atoms with Crippen molar-refractivity contribution in [2.24, 2.45) is 0 Å². The molecule has 22 heavy (non-hydrogen) atoms. The van der Waals surface area contributed by atoms with Gasteiger partial charge in [0.05, 0.1) is 0 Å². The Kier molecular flexibility index (Phi) is 20.7. The molecule has 0 fully saturated rings. The molecule has 0 heterocycles. The molecule has 0 atom stereocenters. The predicted molar refractivity (Wildman–Crippen MR) is 99.6 cm³/mol. The average Bonchev–Trinajstić information content (AvgIpc) is 2.45. The Morgan fingerprint density at radius 3 is 1.73 bits per heavy atom. The quantitative estimate of drug-likeness (QED) is 0.432. The van der Waals surface area contributed by atoms with Gasteiger partial charge in [-0.1, -0.05) is 75.3 Å². The van der Waals surface area contributed by atoms with E-state index in [9.17, 15) is 4.79 Å². The molecule has 0 aliphatic carbocycles. The van der Waals surface area contributed by atoms with Crippen molar-refractivity contribution in [3.05, 3.63) is 35.9 Å². The van der Waals surface area contributed by atoms with Gasteiger partial charge in [-0.05, 0) is 24.8 Å². The van der Waals surface area contributed by atoms with Crippen molar-refractivity contribution >= 4 is 74.4 Å². The van der Waals surface area contributed by atoms with E-state index in [4.69, 9.17) is 5.11 Å². The first kappa shape index (κ1) is 25.1. The monoisotopic (exact) mass is 398 g/mol. The van der Waals surface area contributed by atoms with Crippen LogP contribution in [0.25, 0.3) is 0 Å². The van der Waals surface area contributed by atoms with Gasteiger partial charge in [0, 0.05) is 6.42 Å². The summed E-state index contributed by atoms with van der Waals surface area (Å²) in [6, 6.07) is 10.7.